The number of fused-ring (bicyclic) bond motifs is 1. The van der Waals surface area contributed by atoms with E-state index in [0.717, 1.165) is 61.1 Å². The van der Waals surface area contributed by atoms with Crippen LogP contribution in [0.4, 0.5) is 17.2 Å². The highest BCUT2D eigenvalue weighted by atomic mass is 79.9. The van der Waals surface area contributed by atoms with Gasteiger partial charge in [0, 0.05) is 54.2 Å². The zero-order valence-electron chi connectivity index (χ0n) is 23.6. The number of ether oxygens (including phenoxy) is 2. The van der Waals surface area contributed by atoms with Crippen molar-refractivity contribution < 1.29 is 19.1 Å². The first-order valence-electron chi connectivity index (χ1n) is 13.9. The number of hydrogen-bond donors (Lipinski definition) is 2. The van der Waals surface area contributed by atoms with Gasteiger partial charge in [-0.2, -0.15) is 0 Å². The topological polar surface area (TPSA) is 109 Å². The van der Waals surface area contributed by atoms with Gasteiger partial charge >= 0.3 is 5.97 Å². The molecule has 1 fully saturated rings. The predicted molar refractivity (Wildman–Crippen MR) is 164 cm³/mol. The van der Waals surface area contributed by atoms with E-state index in [4.69, 9.17) is 9.47 Å². The molecule has 1 aliphatic rings. The zero-order valence-corrected chi connectivity index (χ0v) is 25.2. The second kappa shape index (κ2) is 14.9. The Kier molecular flexibility index (Phi) is 11.1. The number of benzene rings is 2. The van der Waals surface area contributed by atoms with Crippen molar-refractivity contribution in [3.05, 3.63) is 59.9 Å². The van der Waals surface area contributed by atoms with E-state index in [0.29, 0.717) is 35.8 Å². The van der Waals surface area contributed by atoms with E-state index < -0.39 is 0 Å². The molecule has 3 aromatic rings. The second-order valence-corrected chi connectivity index (χ2v) is 10.6. The van der Waals surface area contributed by atoms with Gasteiger partial charge in [-0.05, 0) is 56.7 Å². The molecule has 0 spiro atoms. The summed E-state index contributed by atoms with van der Waals surface area (Å²) in [6, 6.07) is 11.5. The lowest BCUT2D eigenvalue weighted by molar-refractivity contribution is -0.143. The lowest BCUT2D eigenvalue weighted by Crippen LogP contribution is -2.52. The monoisotopic (exact) mass is 624 g/mol. The number of anilines is 3. The molecule has 1 amide bonds. The van der Waals surface area contributed by atoms with E-state index in [1.807, 2.05) is 43.3 Å². The van der Waals surface area contributed by atoms with Crippen LogP contribution in [0.1, 0.15) is 33.1 Å². The van der Waals surface area contributed by atoms with Crippen molar-refractivity contribution in [3.8, 4) is 5.75 Å². The molecular formula is C30H37BrN6O4. The lowest BCUT2D eigenvalue weighted by Gasteiger charge is -2.39. The maximum absolute atomic E-state index is 12.4. The molecule has 10 nitrogen and oxygen atoms in total. The van der Waals surface area contributed by atoms with Gasteiger partial charge in [0.05, 0.1) is 17.8 Å². The molecule has 41 heavy (non-hydrogen) atoms. The highest BCUT2D eigenvalue weighted by molar-refractivity contribution is 9.10. The second-order valence-electron chi connectivity index (χ2n) is 9.68. The highest BCUT2D eigenvalue weighted by Gasteiger charge is 2.25. The van der Waals surface area contributed by atoms with Gasteiger partial charge in [0.25, 0.3) is 0 Å². The molecule has 2 aromatic carbocycles. The molecule has 0 aliphatic carbocycles. The molecule has 1 aliphatic heterocycles. The molecule has 2 heterocycles. The van der Waals surface area contributed by atoms with Crippen LogP contribution in [0.5, 0.6) is 5.75 Å². The van der Waals surface area contributed by atoms with Crippen LogP contribution in [0.25, 0.3) is 10.9 Å². The summed E-state index contributed by atoms with van der Waals surface area (Å²) in [5, 5.41) is 6.98. The molecule has 1 atom stereocenters. The number of carbonyl (C=O) groups excluding carboxylic acids is 2. The van der Waals surface area contributed by atoms with E-state index in [1.165, 1.54) is 12.4 Å². The molecule has 0 radical (unpaired) electrons. The Morgan fingerprint density at radius 3 is 2.66 bits per heavy atom. The molecule has 0 bridgehead atoms. The Balaban J connectivity index is 1.49. The van der Waals surface area contributed by atoms with Crippen LogP contribution in [0.15, 0.2) is 59.9 Å². The van der Waals surface area contributed by atoms with Gasteiger partial charge in [0.1, 0.15) is 17.9 Å². The number of nitrogens with one attached hydrogen (secondary N) is 2. The van der Waals surface area contributed by atoms with Gasteiger partial charge in [-0.1, -0.05) is 35.5 Å². The number of halogens is 1. The number of amides is 1. The normalized spacial score (nSPS) is 14.8. The van der Waals surface area contributed by atoms with E-state index >= 15 is 0 Å². The van der Waals surface area contributed by atoms with E-state index in [1.54, 1.807) is 0 Å². The van der Waals surface area contributed by atoms with Crippen LogP contribution in [0, 0.1) is 0 Å². The van der Waals surface area contributed by atoms with E-state index in [2.05, 4.69) is 59.8 Å². The Morgan fingerprint density at radius 1 is 1.15 bits per heavy atom. The minimum atomic E-state index is -0.336. The minimum absolute atomic E-state index is 0.137. The van der Waals surface area contributed by atoms with Crippen molar-refractivity contribution in [2.75, 3.05) is 50.0 Å². The summed E-state index contributed by atoms with van der Waals surface area (Å²) in [7, 11) is 0. The van der Waals surface area contributed by atoms with Crippen molar-refractivity contribution in [2.24, 2.45) is 0 Å². The van der Waals surface area contributed by atoms with Gasteiger partial charge in [0.2, 0.25) is 5.91 Å². The van der Waals surface area contributed by atoms with Crippen molar-refractivity contribution in [1.82, 2.24) is 19.8 Å². The number of aromatic nitrogens is 2. The Hall–Kier alpha value is -3.54. The molecular weight excluding hydrogens is 588 g/mol. The predicted octanol–water partition coefficient (Wildman–Crippen LogP) is 5.34. The van der Waals surface area contributed by atoms with Crippen LogP contribution in [-0.2, 0) is 14.3 Å². The zero-order chi connectivity index (χ0) is 29.2. The van der Waals surface area contributed by atoms with Gasteiger partial charge in [-0.25, -0.2) is 9.97 Å². The number of nitrogens with zero attached hydrogens (tertiary/aromatic N) is 4. The minimum Gasteiger partial charge on any atom is -0.473 e. The van der Waals surface area contributed by atoms with E-state index in [-0.39, 0.29) is 18.1 Å². The molecule has 1 aromatic heterocycles. The van der Waals surface area contributed by atoms with Gasteiger partial charge in [0.15, 0.2) is 6.23 Å². The summed E-state index contributed by atoms with van der Waals surface area (Å²) < 4.78 is 12.5. The maximum atomic E-state index is 12.4. The first-order chi connectivity index (χ1) is 19.9. The molecule has 1 saturated heterocycles. The Labute approximate surface area is 249 Å². The SMILES string of the molecule is C=CC(=O)Nc1cc2c(Nc3cccc(Br)c3)ncnc2cc1OC(CC)N1CCN(CCCC(=O)OCC)CC1. The number of carbonyl (C=O) groups is 2. The van der Waals surface area contributed by atoms with Crippen LogP contribution < -0.4 is 15.4 Å². The number of hydrogen-bond acceptors (Lipinski definition) is 9. The van der Waals surface area contributed by atoms with Crippen molar-refractivity contribution in [1.29, 1.82) is 0 Å². The number of rotatable bonds is 13. The fourth-order valence-corrected chi connectivity index (χ4v) is 5.18. The first kappa shape index (κ1) is 30.4. The van der Waals surface area contributed by atoms with Gasteiger partial charge in [-0.3, -0.25) is 14.5 Å². The van der Waals surface area contributed by atoms with Crippen LogP contribution in [0.2, 0.25) is 0 Å². The van der Waals surface area contributed by atoms with Gasteiger partial charge < -0.3 is 25.0 Å². The molecule has 1 unspecified atom stereocenters. The number of piperazine rings is 1. The van der Waals surface area contributed by atoms with Crippen molar-refractivity contribution >= 4 is 55.9 Å². The standard InChI is InChI=1S/C30H37BrN6O4/c1-4-27(38)35-25-18-23-24(32-20-33-30(23)34-22-10-7-9-21(31)17-22)19-26(25)41-28(5-2)37-15-13-36(14-16-37)12-8-11-29(39)40-6-3/h4,7,9-10,17-20,28H,1,5-6,8,11-16H2,2-3H3,(H,35,38)(H,32,33,34). The summed E-state index contributed by atoms with van der Waals surface area (Å²) in [5.41, 5.74) is 2.07. The van der Waals surface area contributed by atoms with Gasteiger partial charge in [-0.15, -0.1) is 0 Å². The van der Waals surface area contributed by atoms with Crippen LogP contribution in [-0.4, -0.2) is 77.2 Å². The third kappa shape index (κ3) is 8.48. The van der Waals surface area contributed by atoms with Crippen LogP contribution >= 0.6 is 15.9 Å². The van der Waals surface area contributed by atoms with Crippen molar-refractivity contribution in [2.45, 2.75) is 39.3 Å². The average molecular weight is 626 g/mol. The summed E-state index contributed by atoms with van der Waals surface area (Å²) in [5.74, 6) is 0.669. The van der Waals surface area contributed by atoms with Crippen molar-refractivity contribution in [3.63, 3.8) is 0 Å². The largest absolute Gasteiger partial charge is 0.473 e. The fourth-order valence-electron chi connectivity index (χ4n) is 4.78. The molecule has 4 rings (SSSR count). The third-order valence-corrected chi connectivity index (χ3v) is 7.35. The van der Waals surface area contributed by atoms with E-state index in [9.17, 15) is 9.59 Å². The Morgan fingerprint density at radius 2 is 1.95 bits per heavy atom. The summed E-state index contributed by atoms with van der Waals surface area (Å²) in [6.45, 7) is 12.2. The fraction of sp³-hybridized carbons (Fsp3) is 0.400. The smallest absolute Gasteiger partial charge is 0.305 e. The average Bonchev–Trinajstić information content (AvgIpc) is 2.97. The summed E-state index contributed by atoms with van der Waals surface area (Å²) >= 11 is 3.50. The quantitative estimate of drug-likeness (QED) is 0.192. The summed E-state index contributed by atoms with van der Waals surface area (Å²) in [4.78, 5) is 37.6. The third-order valence-electron chi connectivity index (χ3n) is 6.85. The molecule has 11 heteroatoms. The van der Waals surface area contributed by atoms with Crippen LogP contribution in [0.3, 0.4) is 0 Å². The molecule has 2 N–H and O–H groups in total. The Bertz CT molecular complexity index is 1360. The lowest BCUT2D eigenvalue weighted by atomic mass is 10.1. The summed E-state index contributed by atoms with van der Waals surface area (Å²) in [6.07, 6.45) is 4.54. The highest BCUT2D eigenvalue weighted by Crippen LogP contribution is 2.35. The first-order valence-corrected chi connectivity index (χ1v) is 14.7. The maximum Gasteiger partial charge on any atom is 0.305 e. The molecule has 0 saturated carbocycles. The number of esters is 1. The molecule has 218 valence electrons.